The average Bonchev–Trinajstić information content (AvgIpc) is 2.21. The quantitative estimate of drug-likeness (QED) is 0.627. The van der Waals surface area contributed by atoms with Crippen molar-refractivity contribution < 1.29 is 18.3 Å². The molecule has 3 nitrogen and oxygen atoms in total. The van der Waals surface area contributed by atoms with E-state index in [1.54, 1.807) is 13.8 Å². The number of aromatic nitrogens is 1. The number of carbonyl (C=O) groups is 1. The fourth-order valence-electron chi connectivity index (χ4n) is 1.17. The van der Waals surface area contributed by atoms with Gasteiger partial charge in [0.1, 0.15) is 0 Å². The molecule has 0 spiro atoms. The first-order valence-electron chi connectivity index (χ1n) is 4.59. The molecule has 0 bridgehead atoms. The highest BCUT2D eigenvalue weighted by atomic mass is 127. The van der Waals surface area contributed by atoms with Crippen LogP contribution in [0.15, 0.2) is 6.20 Å². The Morgan fingerprint density at radius 2 is 2.25 bits per heavy atom. The average molecular weight is 341 g/mol. The molecule has 88 valence electrons. The second kappa shape index (κ2) is 5.51. The van der Waals surface area contributed by atoms with Gasteiger partial charge in [0.2, 0.25) is 0 Å². The van der Waals surface area contributed by atoms with Crippen molar-refractivity contribution in [2.75, 3.05) is 6.61 Å². The Labute approximate surface area is 105 Å². The number of rotatable bonds is 3. The zero-order chi connectivity index (χ0) is 12.3. The van der Waals surface area contributed by atoms with Gasteiger partial charge < -0.3 is 4.74 Å². The largest absolute Gasteiger partial charge is 0.462 e. The first kappa shape index (κ1) is 13.3. The van der Waals surface area contributed by atoms with Crippen LogP contribution in [0.25, 0.3) is 0 Å². The third-order valence-corrected chi connectivity index (χ3v) is 3.26. The third-order valence-electron chi connectivity index (χ3n) is 1.94. The number of hydrogen-bond donors (Lipinski definition) is 0. The Kier molecular flexibility index (Phi) is 4.57. The Balaban J connectivity index is 3.31. The zero-order valence-corrected chi connectivity index (χ0v) is 10.9. The molecule has 1 aromatic heterocycles. The van der Waals surface area contributed by atoms with E-state index < -0.39 is 12.4 Å². The maximum Gasteiger partial charge on any atom is 0.339 e. The van der Waals surface area contributed by atoms with Crippen molar-refractivity contribution in [1.82, 2.24) is 4.98 Å². The maximum atomic E-state index is 12.7. The fourth-order valence-corrected chi connectivity index (χ4v) is 1.84. The van der Waals surface area contributed by atoms with E-state index in [9.17, 15) is 13.6 Å². The molecule has 0 aliphatic carbocycles. The number of carbonyl (C=O) groups excluding carboxylic acids is 1. The number of aryl methyl sites for hydroxylation is 1. The number of alkyl halides is 2. The number of hydrogen-bond acceptors (Lipinski definition) is 3. The molecule has 0 amide bonds. The van der Waals surface area contributed by atoms with E-state index in [2.05, 4.69) is 4.98 Å². The van der Waals surface area contributed by atoms with E-state index in [1.165, 1.54) is 0 Å². The van der Waals surface area contributed by atoms with Gasteiger partial charge in [0.05, 0.1) is 23.4 Å². The van der Waals surface area contributed by atoms with E-state index in [4.69, 9.17) is 4.74 Å². The van der Waals surface area contributed by atoms with Crippen molar-refractivity contribution in [3.8, 4) is 0 Å². The summed E-state index contributed by atoms with van der Waals surface area (Å²) in [4.78, 5) is 15.4. The predicted molar refractivity (Wildman–Crippen MR) is 62.6 cm³/mol. The monoisotopic (exact) mass is 341 g/mol. The topological polar surface area (TPSA) is 39.2 Å². The van der Waals surface area contributed by atoms with Gasteiger partial charge in [-0.1, -0.05) is 0 Å². The Hall–Kier alpha value is -0.790. The minimum atomic E-state index is -2.74. The molecule has 0 unspecified atom stereocenters. The highest BCUT2D eigenvalue weighted by molar-refractivity contribution is 14.1. The SMILES string of the molecule is CCOC(=O)c1c(C(F)F)cnc(C)c1I. The van der Waals surface area contributed by atoms with Gasteiger partial charge in [-0.25, -0.2) is 13.6 Å². The van der Waals surface area contributed by atoms with Gasteiger partial charge >= 0.3 is 5.97 Å². The predicted octanol–water partition coefficient (Wildman–Crippen LogP) is 3.11. The smallest absolute Gasteiger partial charge is 0.339 e. The summed E-state index contributed by atoms with van der Waals surface area (Å²) >= 11 is 1.82. The molecule has 0 saturated carbocycles. The molecular formula is C10H10F2INO2. The van der Waals surface area contributed by atoms with Crippen LogP contribution in [0.2, 0.25) is 0 Å². The van der Waals surface area contributed by atoms with Crippen molar-refractivity contribution in [2.45, 2.75) is 20.3 Å². The van der Waals surface area contributed by atoms with Crippen molar-refractivity contribution in [1.29, 1.82) is 0 Å². The van der Waals surface area contributed by atoms with Crippen molar-refractivity contribution in [3.63, 3.8) is 0 Å². The van der Waals surface area contributed by atoms with Crippen molar-refractivity contribution in [2.24, 2.45) is 0 Å². The van der Waals surface area contributed by atoms with E-state index in [0.29, 0.717) is 9.26 Å². The molecule has 0 aliphatic rings. The Morgan fingerprint density at radius 3 is 2.75 bits per heavy atom. The number of nitrogens with zero attached hydrogens (tertiary/aromatic N) is 1. The second-order valence-electron chi connectivity index (χ2n) is 3.01. The first-order valence-corrected chi connectivity index (χ1v) is 5.67. The minimum Gasteiger partial charge on any atom is -0.462 e. The molecule has 0 radical (unpaired) electrons. The van der Waals surface area contributed by atoms with Gasteiger partial charge in [-0.3, -0.25) is 4.98 Å². The van der Waals surface area contributed by atoms with Crippen LogP contribution >= 0.6 is 22.6 Å². The third kappa shape index (κ3) is 2.66. The lowest BCUT2D eigenvalue weighted by Crippen LogP contribution is -2.12. The lowest BCUT2D eigenvalue weighted by molar-refractivity contribution is 0.0513. The Morgan fingerprint density at radius 1 is 1.62 bits per heavy atom. The lowest BCUT2D eigenvalue weighted by Gasteiger charge is -2.11. The summed E-state index contributed by atoms with van der Waals surface area (Å²) in [5, 5.41) is 0. The summed E-state index contributed by atoms with van der Waals surface area (Å²) in [6.07, 6.45) is -1.71. The number of ether oxygens (including phenoxy) is 1. The van der Waals surface area contributed by atoms with E-state index in [0.717, 1.165) is 6.20 Å². The number of esters is 1. The van der Waals surface area contributed by atoms with Crippen LogP contribution in [0, 0.1) is 10.5 Å². The molecule has 0 fully saturated rings. The molecule has 6 heteroatoms. The van der Waals surface area contributed by atoms with Crippen LogP contribution < -0.4 is 0 Å². The Bertz CT molecular complexity index is 410. The lowest BCUT2D eigenvalue weighted by atomic mass is 10.1. The summed E-state index contributed by atoms with van der Waals surface area (Å²) in [5.41, 5.74) is 0.0754. The number of pyridine rings is 1. The molecule has 0 aliphatic heterocycles. The van der Waals surface area contributed by atoms with Crippen LogP contribution in [0.1, 0.15) is 35.0 Å². The highest BCUT2D eigenvalue weighted by Crippen LogP contribution is 2.27. The molecule has 0 aromatic carbocycles. The van der Waals surface area contributed by atoms with Gasteiger partial charge in [-0.05, 0) is 36.4 Å². The summed E-state index contributed by atoms with van der Waals surface area (Å²) in [6.45, 7) is 3.43. The minimum absolute atomic E-state index is 0.0787. The van der Waals surface area contributed by atoms with Gasteiger partial charge in [0.15, 0.2) is 0 Å². The summed E-state index contributed by atoms with van der Waals surface area (Å²) in [7, 11) is 0. The molecule has 1 aromatic rings. The van der Waals surface area contributed by atoms with Gasteiger partial charge in [0.25, 0.3) is 6.43 Å². The molecule has 1 rings (SSSR count). The normalized spacial score (nSPS) is 10.6. The van der Waals surface area contributed by atoms with Crippen LogP contribution in [0.5, 0.6) is 0 Å². The highest BCUT2D eigenvalue weighted by Gasteiger charge is 2.23. The van der Waals surface area contributed by atoms with E-state index in [-0.39, 0.29) is 17.7 Å². The fraction of sp³-hybridized carbons (Fsp3) is 0.400. The zero-order valence-electron chi connectivity index (χ0n) is 8.76. The standard InChI is InChI=1S/C10H10F2INO2/c1-3-16-10(15)7-6(9(11)12)4-14-5(2)8(7)13/h4,9H,3H2,1-2H3. The van der Waals surface area contributed by atoms with Gasteiger partial charge in [0, 0.05) is 9.77 Å². The second-order valence-corrected chi connectivity index (χ2v) is 4.09. The summed E-state index contributed by atoms with van der Waals surface area (Å²) in [6, 6.07) is 0. The molecule has 0 saturated heterocycles. The van der Waals surface area contributed by atoms with Crippen LogP contribution in [0.4, 0.5) is 8.78 Å². The van der Waals surface area contributed by atoms with Crippen LogP contribution in [-0.4, -0.2) is 17.6 Å². The van der Waals surface area contributed by atoms with Crippen LogP contribution in [-0.2, 0) is 4.74 Å². The van der Waals surface area contributed by atoms with Crippen LogP contribution in [0.3, 0.4) is 0 Å². The summed E-state index contributed by atoms with van der Waals surface area (Å²) < 4.78 is 30.5. The first-order chi connectivity index (χ1) is 7.49. The molecule has 16 heavy (non-hydrogen) atoms. The van der Waals surface area contributed by atoms with E-state index in [1.807, 2.05) is 22.6 Å². The van der Waals surface area contributed by atoms with E-state index >= 15 is 0 Å². The molecular weight excluding hydrogens is 331 g/mol. The van der Waals surface area contributed by atoms with Crippen molar-refractivity contribution in [3.05, 3.63) is 26.6 Å². The molecule has 0 atom stereocenters. The van der Waals surface area contributed by atoms with Gasteiger partial charge in [-0.2, -0.15) is 0 Å². The molecule has 1 heterocycles. The van der Waals surface area contributed by atoms with Gasteiger partial charge in [-0.15, -0.1) is 0 Å². The van der Waals surface area contributed by atoms with Crippen molar-refractivity contribution >= 4 is 28.6 Å². The molecule has 0 N–H and O–H groups in total. The summed E-state index contributed by atoms with van der Waals surface area (Å²) in [5.74, 6) is -0.729. The maximum absolute atomic E-state index is 12.7. The number of halogens is 3.